The standard InChI is InChI=1S/C14H17N3/c1-10-5-4-6-17(9-10)14-7-11(2)16-12(3)13(14)8-15/h5,7H,4,6,9H2,1-3H3. The first-order valence-corrected chi connectivity index (χ1v) is 5.90. The first-order chi connectivity index (χ1) is 8.11. The molecule has 0 saturated carbocycles. The van der Waals surface area contributed by atoms with Crippen molar-refractivity contribution in [2.45, 2.75) is 27.2 Å². The quantitative estimate of drug-likeness (QED) is 0.692. The van der Waals surface area contributed by atoms with Crippen molar-refractivity contribution in [3.8, 4) is 6.07 Å². The third kappa shape index (κ3) is 2.31. The third-order valence-electron chi connectivity index (χ3n) is 3.09. The van der Waals surface area contributed by atoms with Gasteiger partial charge in [0.25, 0.3) is 0 Å². The van der Waals surface area contributed by atoms with E-state index in [0.717, 1.165) is 36.6 Å². The molecule has 0 unspecified atom stereocenters. The highest BCUT2D eigenvalue weighted by Crippen LogP contribution is 2.26. The predicted molar refractivity (Wildman–Crippen MR) is 69.0 cm³/mol. The Balaban J connectivity index is 2.45. The Kier molecular flexibility index (Phi) is 3.14. The van der Waals surface area contributed by atoms with Crippen molar-refractivity contribution in [3.05, 3.63) is 34.7 Å². The van der Waals surface area contributed by atoms with Crippen LogP contribution in [0.1, 0.15) is 30.3 Å². The molecule has 2 heterocycles. The van der Waals surface area contributed by atoms with Gasteiger partial charge in [0.05, 0.1) is 16.9 Å². The fourth-order valence-corrected chi connectivity index (χ4v) is 2.31. The number of hydrogen-bond donors (Lipinski definition) is 0. The van der Waals surface area contributed by atoms with Crippen LogP contribution in [0.25, 0.3) is 0 Å². The van der Waals surface area contributed by atoms with Gasteiger partial charge in [-0.1, -0.05) is 11.6 Å². The highest BCUT2D eigenvalue weighted by molar-refractivity contribution is 5.62. The molecule has 0 radical (unpaired) electrons. The van der Waals surface area contributed by atoms with Crippen LogP contribution in [0, 0.1) is 25.2 Å². The monoisotopic (exact) mass is 227 g/mol. The van der Waals surface area contributed by atoms with E-state index in [-0.39, 0.29) is 0 Å². The van der Waals surface area contributed by atoms with E-state index in [1.807, 2.05) is 19.9 Å². The number of nitrogens with zero attached hydrogens (tertiary/aromatic N) is 3. The number of pyridine rings is 1. The van der Waals surface area contributed by atoms with Crippen molar-refractivity contribution in [3.63, 3.8) is 0 Å². The Morgan fingerprint density at radius 3 is 2.76 bits per heavy atom. The van der Waals surface area contributed by atoms with Gasteiger partial charge in [-0.3, -0.25) is 4.98 Å². The zero-order chi connectivity index (χ0) is 12.4. The molecule has 1 aromatic rings. The molecule has 3 heteroatoms. The van der Waals surface area contributed by atoms with Gasteiger partial charge in [-0.05, 0) is 33.3 Å². The molecule has 2 rings (SSSR count). The highest BCUT2D eigenvalue weighted by Gasteiger charge is 2.16. The molecule has 17 heavy (non-hydrogen) atoms. The van der Waals surface area contributed by atoms with Gasteiger partial charge >= 0.3 is 0 Å². The van der Waals surface area contributed by atoms with Crippen LogP contribution in [0.4, 0.5) is 5.69 Å². The van der Waals surface area contributed by atoms with Crippen molar-refractivity contribution in [1.29, 1.82) is 5.26 Å². The van der Waals surface area contributed by atoms with Crippen LogP contribution in [-0.4, -0.2) is 18.1 Å². The summed E-state index contributed by atoms with van der Waals surface area (Å²) in [6, 6.07) is 4.30. The van der Waals surface area contributed by atoms with Crippen LogP contribution < -0.4 is 4.90 Å². The van der Waals surface area contributed by atoms with Crippen LogP contribution in [0.3, 0.4) is 0 Å². The Labute approximate surface area is 102 Å². The first kappa shape index (κ1) is 11.7. The Hall–Kier alpha value is -1.82. The lowest BCUT2D eigenvalue weighted by atomic mass is 10.1. The van der Waals surface area contributed by atoms with Gasteiger partial charge in [-0.15, -0.1) is 0 Å². The van der Waals surface area contributed by atoms with E-state index in [2.05, 4.69) is 29.0 Å². The molecule has 3 nitrogen and oxygen atoms in total. The van der Waals surface area contributed by atoms with Gasteiger partial charge in [-0.2, -0.15) is 5.26 Å². The summed E-state index contributed by atoms with van der Waals surface area (Å²) >= 11 is 0. The van der Waals surface area contributed by atoms with E-state index in [4.69, 9.17) is 0 Å². The molecule has 1 aliphatic heterocycles. The average molecular weight is 227 g/mol. The smallest absolute Gasteiger partial charge is 0.103 e. The fraction of sp³-hybridized carbons (Fsp3) is 0.429. The minimum atomic E-state index is 0.713. The maximum Gasteiger partial charge on any atom is 0.103 e. The van der Waals surface area contributed by atoms with Crippen LogP contribution >= 0.6 is 0 Å². The van der Waals surface area contributed by atoms with Gasteiger partial charge in [0.15, 0.2) is 0 Å². The minimum Gasteiger partial charge on any atom is -0.366 e. The average Bonchev–Trinajstić information content (AvgIpc) is 2.28. The van der Waals surface area contributed by atoms with Crippen molar-refractivity contribution in [1.82, 2.24) is 4.98 Å². The number of anilines is 1. The molecule has 1 aromatic heterocycles. The molecule has 0 spiro atoms. The molecule has 0 atom stereocenters. The van der Waals surface area contributed by atoms with E-state index in [1.54, 1.807) is 0 Å². The van der Waals surface area contributed by atoms with Gasteiger partial charge in [0, 0.05) is 18.8 Å². The maximum absolute atomic E-state index is 9.26. The SMILES string of the molecule is CC1=CCCN(c2cc(C)nc(C)c2C#N)C1. The van der Waals surface area contributed by atoms with Crippen molar-refractivity contribution < 1.29 is 0 Å². The minimum absolute atomic E-state index is 0.713. The number of rotatable bonds is 1. The van der Waals surface area contributed by atoms with Crippen LogP contribution in [-0.2, 0) is 0 Å². The molecule has 1 aliphatic rings. The van der Waals surface area contributed by atoms with E-state index >= 15 is 0 Å². The number of hydrogen-bond acceptors (Lipinski definition) is 3. The number of nitriles is 1. The maximum atomic E-state index is 9.26. The lowest BCUT2D eigenvalue weighted by molar-refractivity contribution is 0.787. The van der Waals surface area contributed by atoms with Crippen molar-refractivity contribution in [2.24, 2.45) is 0 Å². The molecule has 0 bridgehead atoms. The topological polar surface area (TPSA) is 39.9 Å². The van der Waals surface area contributed by atoms with E-state index < -0.39 is 0 Å². The van der Waals surface area contributed by atoms with Gasteiger partial charge in [-0.25, -0.2) is 0 Å². The first-order valence-electron chi connectivity index (χ1n) is 5.90. The molecule has 0 aromatic carbocycles. The lowest BCUT2D eigenvalue weighted by Crippen LogP contribution is -2.30. The highest BCUT2D eigenvalue weighted by atomic mass is 15.1. The van der Waals surface area contributed by atoms with E-state index in [1.165, 1.54) is 5.57 Å². The fourth-order valence-electron chi connectivity index (χ4n) is 2.31. The van der Waals surface area contributed by atoms with Crippen LogP contribution in [0.5, 0.6) is 0 Å². The van der Waals surface area contributed by atoms with Crippen molar-refractivity contribution in [2.75, 3.05) is 18.0 Å². The third-order valence-corrected chi connectivity index (χ3v) is 3.09. The molecule has 0 N–H and O–H groups in total. The molecule has 0 aliphatic carbocycles. The summed E-state index contributed by atoms with van der Waals surface area (Å²) in [6.07, 6.45) is 3.32. The Morgan fingerprint density at radius 2 is 2.12 bits per heavy atom. The van der Waals surface area contributed by atoms with E-state index in [9.17, 15) is 5.26 Å². The molecule has 0 fully saturated rings. The van der Waals surface area contributed by atoms with Gasteiger partial charge in [0.2, 0.25) is 0 Å². The Bertz CT molecular complexity index is 509. The summed E-state index contributed by atoms with van der Waals surface area (Å²) in [6.45, 7) is 7.91. The lowest BCUT2D eigenvalue weighted by Gasteiger charge is -2.29. The Morgan fingerprint density at radius 1 is 1.35 bits per heavy atom. The molecule has 88 valence electrons. The van der Waals surface area contributed by atoms with Crippen molar-refractivity contribution >= 4 is 5.69 Å². The largest absolute Gasteiger partial charge is 0.366 e. The summed E-state index contributed by atoms with van der Waals surface area (Å²) in [4.78, 5) is 6.63. The summed E-state index contributed by atoms with van der Waals surface area (Å²) in [5, 5.41) is 9.26. The van der Waals surface area contributed by atoms with Crippen LogP contribution in [0.15, 0.2) is 17.7 Å². The molecular formula is C14H17N3. The van der Waals surface area contributed by atoms with E-state index in [0.29, 0.717) is 5.56 Å². The molecule has 0 saturated heterocycles. The van der Waals surface area contributed by atoms with Gasteiger partial charge in [0.1, 0.15) is 6.07 Å². The summed E-state index contributed by atoms with van der Waals surface area (Å²) < 4.78 is 0. The number of aryl methyl sites for hydroxylation is 2. The predicted octanol–water partition coefficient (Wildman–Crippen LogP) is 2.73. The summed E-state index contributed by atoms with van der Waals surface area (Å²) in [5.41, 5.74) is 4.92. The second-order valence-corrected chi connectivity index (χ2v) is 4.62. The normalized spacial score (nSPS) is 15.4. The molecule has 0 amide bonds. The molecular weight excluding hydrogens is 210 g/mol. The second kappa shape index (κ2) is 4.58. The van der Waals surface area contributed by atoms with Gasteiger partial charge < -0.3 is 4.90 Å². The van der Waals surface area contributed by atoms with Crippen LogP contribution in [0.2, 0.25) is 0 Å². The second-order valence-electron chi connectivity index (χ2n) is 4.62. The number of aromatic nitrogens is 1. The summed E-state index contributed by atoms with van der Waals surface area (Å²) in [5.74, 6) is 0. The zero-order valence-electron chi connectivity index (χ0n) is 10.6. The summed E-state index contributed by atoms with van der Waals surface area (Å²) in [7, 11) is 0. The zero-order valence-corrected chi connectivity index (χ0v) is 10.6.